The van der Waals surface area contributed by atoms with Gasteiger partial charge in [-0.15, -0.1) is 10.2 Å². The van der Waals surface area contributed by atoms with Crippen LogP contribution in [0.4, 0.5) is 14.5 Å². The summed E-state index contributed by atoms with van der Waals surface area (Å²) in [6.07, 6.45) is -1.32. The third-order valence-corrected chi connectivity index (χ3v) is 2.85. The molecule has 3 aromatic rings. The molecule has 0 radical (unpaired) electrons. The first-order valence-electron chi connectivity index (χ1n) is 6.38. The molecule has 3 rings (SSSR count). The number of halogens is 2. The summed E-state index contributed by atoms with van der Waals surface area (Å²) in [5.41, 5.74) is 6.51. The molecule has 0 unspecified atom stereocenters. The van der Waals surface area contributed by atoms with E-state index < -0.39 is 6.43 Å². The van der Waals surface area contributed by atoms with Crippen molar-refractivity contribution in [1.82, 2.24) is 30.5 Å². The monoisotopic (exact) mass is 320 g/mol. The van der Waals surface area contributed by atoms with Crippen molar-refractivity contribution in [3.05, 3.63) is 47.5 Å². The van der Waals surface area contributed by atoms with E-state index in [9.17, 15) is 8.78 Å². The number of aliphatic imine (C=N–C) groups is 1. The summed E-state index contributed by atoms with van der Waals surface area (Å²) < 4.78 is 30.0. The van der Waals surface area contributed by atoms with Gasteiger partial charge in [-0.1, -0.05) is 17.3 Å². The molecular formula is C12H10F2N8O. The van der Waals surface area contributed by atoms with Gasteiger partial charge in [0.15, 0.2) is 17.9 Å². The van der Waals surface area contributed by atoms with Gasteiger partial charge in [-0.25, -0.2) is 18.4 Å². The standard InChI is InChI=1S/C12H10F2N8O/c13-11(14)7-2-1-3-8(4-7)18-12(15)10-9(19-23-20-10)5-22-17-6-16-21-22/h1-4,6,11H,5H2,(H2,15,18). The lowest BCUT2D eigenvalue weighted by Gasteiger charge is -2.02. The van der Waals surface area contributed by atoms with E-state index in [2.05, 4.69) is 35.3 Å². The number of hydrogen-bond acceptors (Lipinski definition) is 7. The van der Waals surface area contributed by atoms with Crippen molar-refractivity contribution >= 4 is 11.5 Å². The Bertz CT molecular complexity index is 814. The Morgan fingerprint density at radius 2 is 2.22 bits per heavy atom. The highest BCUT2D eigenvalue weighted by atomic mass is 19.3. The van der Waals surface area contributed by atoms with E-state index in [-0.39, 0.29) is 29.3 Å². The van der Waals surface area contributed by atoms with Crippen LogP contribution in [-0.2, 0) is 6.54 Å². The Morgan fingerprint density at radius 3 is 2.96 bits per heavy atom. The van der Waals surface area contributed by atoms with Crippen molar-refractivity contribution < 1.29 is 13.4 Å². The fraction of sp³-hybridized carbons (Fsp3) is 0.167. The number of benzene rings is 1. The smallest absolute Gasteiger partial charge is 0.263 e. The van der Waals surface area contributed by atoms with E-state index in [1.807, 2.05) is 0 Å². The minimum Gasteiger partial charge on any atom is -0.382 e. The van der Waals surface area contributed by atoms with E-state index in [0.29, 0.717) is 5.69 Å². The number of hydrogen-bond donors (Lipinski definition) is 1. The maximum atomic E-state index is 12.7. The molecule has 0 bridgehead atoms. The van der Waals surface area contributed by atoms with Gasteiger partial charge in [0.1, 0.15) is 12.2 Å². The van der Waals surface area contributed by atoms with Crippen LogP contribution in [0.2, 0.25) is 0 Å². The summed E-state index contributed by atoms with van der Waals surface area (Å²) in [5, 5.41) is 18.5. The van der Waals surface area contributed by atoms with Crippen LogP contribution in [-0.4, -0.2) is 36.4 Å². The second kappa shape index (κ2) is 6.25. The molecule has 2 aromatic heterocycles. The molecule has 2 heterocycles. The number of amidine groups is 1. The number of tetrazole rings is 1. The number of nitrogens with two attached hydrogens (primary N) is 1. The lowest BCUT2D eigenvalue weighted by Crippen LogP contribution is -2.17. The zero-order valence-electron chi connectivity index (χ0n) is 11.5. The van der Waals surface area contributed by atoms with Gasteiger partial charge in [0.25, 0.3) is 6.43 Å². The molecule has 0 atom stereocenters. The molecule has 9 nitrogen and oxygen atoms in total. The third-order valence-electron chi connectivity index (χ3n) is 2.85. The van der Waals surface area contributed by atoms with Crippen molar-refractivity contribution in [1.29, 1.82) is 0 Å². The van der Waals surface area contributed by atoms with E-state index in [1.165, 1.54) is 29.3 Å². The second-order valence-corrected chi connectivity index (χ2v) is 4.42. The first-order valence-corrected chi connectivity index (χ1v) is 6.38. The lowest BCUT2D eigenvalue weighted by atomic mass is 10.2. The largest absolute Gasteiger partial charge is 0.382 e. The molecule has 0 aliphatic heterocycles. The van der Waals surface area contributed by atoms with Gasteiger partial charge >= 0.3 is 0 Å². The fourth-order valence-electron chi connectivity index (χ4n) is 1.82. The van der Waals surface area contributed by atoms with Crippen molar-refractivity contribution in [2.75, 3.05) is 0 Å². The maximum Gasteiger partial charge on any atom is 0.263 e. The highest BCUT2D eigenvalue weighted by molar-refractivity contribution is 5.98. The molecule has 0 aliphatic carbocycles. The van der Waals surface area contributed by atoms with Gasteiger partial charge in [-0.05, 0) is 22.5 Å². The predicted molar refractivity (Wildman–Crippen MR) is 73.0 cm³/mol. The van der Waals surface area contributed by atoms with Crippen LogP contribution >= 0.6 is 0 Å². The van der Waals surface area contributed by atoms with E-state index in [4.69, 9.17) is 5.73 Å². The number of alkyl halides is 2. The second-order valence-electron chi connectivity index (χ2n) is 4.42. The lowest BCUT2D eigenvalue weighted by molar-refractivity contribution is 0.151. The van der Waals surface area contributed by atoms with Crippen LogP contribution in [0.5, 0.6) is 0 Å². The quantitative estimate of drug-likeness (QED) is 0.551. The Kier molecular flexibility index (Phi) is 3.99. The van der Waals surface area contributed by atoms with Gasteiger partial charge in [0, 0.05) is 5.56 Å². The van der Waals surface area contributed by atoms with Gasteiger partial charge in [-0.2, -0.15) is 4.80 Å². The molecule has 0 spiro atoms. The molecule has 0 saturated heterocycles. The van der Waals surface area contributed by atoms with Crippen LogP contribution in [0.1, 0.15) is 23.4 Å². The molecule has 0 fully saturated rings. The molecule has 1 aromatic carbocycles. The minimum atomic E-state index is -2.59. The Balaban J connectivity index is 1.87. The van der Waals surface area contributed by atoms with E-state index >= 15 is 0 Å². The molecule has 0 aliphatic rings. The van der Waals surface area contributed by atoms with Crippen LogP contribution in [0.3, 0.4) is 0 Å². The van der Waals surface area contributed by atoms with Crippen molar-refractivity contribution in [2.45, 2.75) is 13.0 Å². The van der Waals surface area contributed by atoms with Crippen molar-refractivity contribution in [3.8, 4) is 0 Å². The molecule has 23 heavy (non-hydrogen) atoms. The van der Waals surface area contributed by atoms with Crippen LogP contribution in [0.15, 0.2) is 40.2 Å². The van der Waals surface area contributed by atoms with Gasteiger partial charge in [0.2, 0.25) is 0 Å². The summed E-state index contributed by atoms with van der Waals surface area (Å²) in [5.74, 6) is -0.0206. The molecule has 0 saturated carbocycles. The predicted octanol–water partition coefficient (Wildman–Crippen LogP) is 1.08. The molecule has 11 heteroatoms. The molecule has 2 N–H and O–H groups in total. The number of aromatic nitrogens is 6. The zero-order chi connectivity index (χ0) is 16.2. The molecule has 0 amide bonds. The van der Waals surface area contributed by atoms with Crippen molar-refractivity contribution in [3.63, 3.8) is 0 Å². The molecular weight excluding hydrogens is 310 g/mol. The highest BCUT2D eigenvalue weighted by Crippen LogP contribution is 2.23. The third kappa shape index (κ3) is 3.33. The van der Waals surface area contributed by atoms with Crippen LogP contribution in [0.25, 0.3) is 0 Å². The summed E-state index contributed by atoms with van der Waals surface area (Å²) in [7, 11) is 0. The van der Waals surface area contributed by atoms with E-state index in [0.717, 1.165) is 0 Å². The normalized spacial score (nSPS) is 12.0. The molecule has 118 valence electrons. The van der Waals surface area contributed by atoms with Crippen molar-refractivity contribution in [2.24, 2.45) is 10.7 Å². The van der Waals surface area contributed by atoms with Gasteiger partial charge in [0.05, 0.1) is 5.69 Å². The summed E-state index contributed by atoms with van der Waals surface area (Å²) >= 11 is 0. The highest BCUT2D eigenvalue weighted by Gasteiger charge is 2.16. The summed E-state index contributed by atoms with van der Waals surface area (Å²) in [6, 6.07) is 5.56. The van der Waals surface area contributed by atoms with Gasteiger partial charge in [-0.3, -0.25) is 0 Å². The zero-order valence-corrected chi connectivity index (χ0v) is 11.5. The number of rotatable bonds is 5. The minimum absolute atomic E-state index is 0.0206. The Morgan fingerprint density at radius 1 is 1.35 bits per heavy atom. The van der Waals surface area contributed by atoms with Crippen LogP contribution < -0.4 is 5.73 Å². The summed E-state index contributed by atoms with van der Waals surface area (Å²) in [4.78, 5) is 5.33. The van der Waals surface area contributed by atoms with Gasteiger partial charge < -0.3 is 5.73 Å². The average molecular weight is 320 g/mol. The summed E-state index contributed by atoms with van der Waals surface area (Å²) in [6.45, 7) is 0.131. The van der Waals surface area contributed by atoms with E-state index in [1.54, 1.807) is 6.07 Å². The fourth-order valence-corrected chi connectivity index (χ4v) is 1.82. The Hall–Kier alpha value is -3.24. The topological polar surface area (TPSA) is 121 Å². The average Bonchev–Trinajstić information content (AvgIpc) is 3.19. The maximum absolute atomic E-state index is 12.7. The SMILES string of the molecule is NC(=Nc1cccc(C(F)F)c1)c1nonc1Cn1ncnn1. The number of nitrogens with zero attached hydrogens (tertiary/aromatic N) is 7. The first-order chi connectivity index (χ1) is 11.1. The first kappa shape index (κ1) is 14.7. The Labute approximate surface area is 127 Å². The van der Waals surface area contributed by atoms with Crippen LogP contribution in [0, 0.1) is 0 Å².